The molecule has 0 aromatic heterocycles. The van der Waals surface area contributed by atoms with Crippen LogP contribution in [0.5, 0.6) is 0 Å². The average Bonchev–Trinajstić information content (AvgIpc) is 2.28. The number of unbranched alkanes of at least 4 members (excludes halogenated alkanes) is 1. The van der Waals surface area contributed by atoms with E-state index in [1.54, 1.807) is 11.8 Å². The van der Waals surface area contributed by atoms with Crippen LogP contribution in [0.4, 0.5) is 0 Å². The van der Waals surface area contributed by atoms with Crippen LogP contribution in [0.3, 0.4) is 0 Å². The van der Waals surface area contributed by atoms with E-state index in [2.05, 4.69) is 12.2 Å². The van der Waals surface area contributed by atoms with E-state index in [1.165, 1.54) is 12.8 Å². The highest BCUT2D eigenvalue weighted by Crippen LogP contribution is 2.26. The van der Waals surface area contributed by atoms with Crippen LogP contribution in [-0.4, -0.2) is 16.5 Å². The zero-order valence-electron chi connectivity index (χ0n) is 7.09. The third kappa shape index (κ3) is 2.40. The second kappa shape index (κ2) is 4.00. The molecule has 1 N–H and O–H groups in total. The second-order valence-electron chi connectivity index (χ2n) is 2.92. The Labute approximate surface area is 72.1 Å². The van der Waals surface area contributed by atoms with Gasteiger partial charge in [0, 0.05) is 0 Å². The molecule has 1 saturated heterocycles. The smallest absolute Gasteiger partial charge is 0.233 e. The fraction of sp³-hybridized carbons (Fsp3) is 0.875. The van der Waals surface area contributed by atoms with Gasteiger partial charge < -0.3 is 5.32 Å². The second-order valence-corrected chi connectivity index (χ2v) is 4.47. The summed E-state index contributed by atoms with van der Waals surface area (Å²) in [5.74, 6) is 0.205. The van der Waals surface area contributed by atoms with Crippen LogP contribution >= 0.6 is 11.8 Å². The molecule has 0 aliphatic carbocycles. The third-order valence-electron chi connectivity index (χ3n) is 1.86. The van der Waals surface area contributed by atoms with E-state index in [1.807, 2.05) is 6.92 Å². The number of hydrogen-bond acceptors (Lipinski definition) is 2. The normalized spacial score (nSPS) is 30.5. The molecular formula is C8H15NOS. The van der Waals surface area contributed by atoms with E-state index < -0.39 is 0 Å². The van der Waals surface area contributed by atoms with Crippen LogP contribution in [-0.2, 0) is 4.79 Å². The molecule has 64 valence electrons. The maximum Gasteiger partial charge on any atom is 0.233 e. The maximum absolute atomic E-state index is 11.0. The van der Waals surface area contributed by atoms with Gasteiger partial charge in [-0.25, -0.2) is 0 Å². The van der Waals surface area contributed by atoms with Crippen molar-refractivity contribution in [1.29, 1.82) is 0 Å². The Morgan fingerprint density at radius 1 is 1.64 bits per heavy atom. The van der Waals surface area contributed by atoms with Gasteiger partial charge in [0.15, 0.2) is 0 Å². The molecule has 1 aliphatic heterocycles. The summed E-state index contributed by atoms with van der Waals surface area (Å²) in [6.07, 6.45) is 3.54. The molecule has 0 saturated carbocycles. The van der Waals surface area contributed by atoms with Crippen LogP contribution < -0.4 is 5.32 Å². The van der Waals surface area contributed by atoms with E-state index in [4.69, 9.17) is 0 Å². The predicted molar refractivity (Wildman–Crippen MR) is 48.5 cm³/mol. The zero-order chi connectivity index (χ0) is 8.27. The summed E-state index contributed by atoms with van der Waals surface area (Å²) in [6.45, 7) is 4.14. The van der Waals surface area contributed by atoms with Crippen molar-refractivity contribution in [2.45, 2.75) is 43.7 Å². The van der Waals surface area contributed by atoms with Gasteiger partial charge in [0.1, 0.15) is 0 Å². The Kier molecular flexibility index (Phi) is 3.24. The van der Waals surface area contributed by atoms with Gasteiger partial charge >= 0.3 is 0 Å². The van der Waals surface area contributed by atoms with Crippen molar-refractivity contribution in [1.82, 2.24) is 5.32 Å². The third-order valence-corrected chi connectivity index (χ3v) is 3.17. The lowest BCUT2D eigenvalue weighted by atomic mass is 10.2. The van der Waals surface area contributed by atoms with E-state index >= 15 is 0 Å². The summed E-state index contributed by atoms with van der Waals surface area (Å²) >= 11 is 1.75. The van der Waals surface area contributed by atoms with Gasteiger partial charge in [-0.05, 0) is 13.3 Å². The van der Waals surface area contributed by atoms with E-state index in [0.717, 1.165) is 6.42 Å². The number of thioether (sulfide) groups is 1. The highest BCUT2D eigenvalue weighted by atomic mass is 32.2. The molecule has 1 amide bonds. The molecule has 11 heavy (non-hydrogen) atoms. The van der Waals surface area contributed by atoms with Gasteiger partial charge in [0.05, 0.1) is 10.6 Å². The Bertz CT molecular complexity index is 149. The first-order valence-corrected chi connectivity index (χ1v) is 5.14. The van der Waals surface area contributed by atoms with Crippen LogP contribution in [0, 0.1) is 0 Å². The first-order valence-electron chi connectivity index (χ1n) is 4.20. The molecule has 1 fully saturated rings. The Hall–Kier alpha value is -0.180. The zero-order valence-corrected chi connectivity index (χ0v) is 7.91. The van der Waals surface area contributed by atoms with Gasteiger partial charge in [-0.15, -0.1) is 11.8 Å². The number of rotatable bonds is 3. The van der Waals surface area contributed by atoms with Gasteiger partial charge in [0.2, 0.25) is 5.91 Å². The summed E-state index contributed by atoms with van der Waals surface area (Å²) in [4.78, 5) is 11.0. The van der Waals surface area contributed by atoms with Crippen molar-refractivity contribution in [3.8, 4) is 0 Å². The molecule has 0 aromatic rings. The van der Waals surface area contributed by atoms with Crippen molar-refractivity contribution < 1.29 is 4.79 Å². The number of carbonyl (C=O) groups excluding carboxylic acids is 1. The van der Waals surface area contributed by atoms with Crippen molar-refractivity contribution >= 4 is 17.7 Å². The quantitative estimate of drug-likeness (QED) is 0.704. The maximum atomic E-state index is 11.0. The largest absolute Gasteiger partial charge is 0.343 e. The minimum atomic E-state index is 0.164. The fourth-order valence-electron chi connectivity index (χ4n) is 1.15. The molecule has 3 heteroatoms. The van der Waals surface area contributed by atoms with E-state index in [0.29, 0.717) is 5.37 Å². The van der Waals surface area contributed by atoms with E-state index in [9.17, 15) is 4.79 Å². The lowest BCUT2D eigenvalue weighted by Crippen LogP contribution is -2.26. The number of hydrogen-bond donors (Lipinski definition) is 1. The Morgan fingerprint density at radius 2 is 2.36 bits per heavy atom. The fourth-order valence-corrected chi connectivity index (χ4v) is 2.32. The molecule has 1 heterocycles. The molecule has 0 bridgehead atoms. The molecule has 0 radical (unpaired) electrons. The summed E-state index contributed by atoms with van der Waals surface area (Å²) in [7, 11) is 0. The van der Waals surface area contributed by atoms with E-state index in [-0.39, 0.29) is 11.2 Å². The SMILES string of the molecule is CCCCC1NC(=O)C(C)S1. The highest BCUT2D eigenvalue weighted by Gasteiger charge is 2.27. The minimum Gasteiger partial charge on any atom is -0.343 e. The van der Waals surface area contributed by atoms with Gasteiger partial charge in [0.25, 0.3) is 0 Å². The van der Waals surface area contributed by atoms with Crippen molar-refractivity contribution in [2.24, 2.45) is 0 Å². The standard InChI is InChI=1S/C8H15NOS/c1-3-4-5-7-9-8(10)6(2)11-7/h6-7H,3-5H2,1-2H3,(H,9,10). The highest BCUT2D eigenvalue weighted by molar-refractivity contribution is 8.01. The van der Waals surface area contributed by atoms with Crippen LogP contribution in [0.15, 0.2) is 0 Å². The van der Waals surface area contributed by atoms with Gasteiger partial charge in [-0.1, -0.05) is 19.8 Å². The van der Waals surface area contributed by atoms with Crippen LogP contribution in [0.1, 0.15) is 33.1 Å². The Balaban J connectivity index is 2.24. The summed E-state index contributed by atoms with van der Waals surface area (Å²) in [6, 6.07) is 0. The first kappa shape index (κ1) is 8.91. The van der Waals surface area contributed by atoms with Gasteiger partial charge in [-0.2, -0.15) is 0 Å². The summed E-state index contributed by atoms with van der Waals surface area (Å²) < 4.78 is 0. The lowest BCUT2D eigenvalue weighted by Gasteiger charge is -2.06. The monoisotopic (exact) mass is 173 g/mol. The number of carbonyl (C=O) groups is 1. The number of amides is 1. The molecule has 2 nitrogen and oxygen atoms in total. The van der Waals surface area contributed by atoms with Crippen LogP contribution in [0.2, 0.25) is 0 Å². The van der Waals surface area contributed by atoms with Crippen molar-refractivity contribution in [2.75, 3.05) is 0 Å². The molecule has 0 aromatic carbocycles. The first-order chi connectivity index (χ1) is 5.24. The molecular weight excluding hydrogens is 158 g/mol. The topological polar surface area (TPSA) is 29.1 Å². The van der Waals surface area contributed by atoms with Crippen molar-refractivity contribution in [3.05, 3.63) is 0 Å². The molecule has 0 spiro atoms. The van der Waals surface area contributed by atoms with Crippen LogP contribution in [0.25, 0.3) is 0 Å². The minimum absolute atomic E-state index is 0.164. The number of nitrogens with one attached hydrogen (secondary N) is 1. The van der Waals surface area contributed by atoms with Gasteiger partial charge in [-0.3, -0.25) is 4.79 Å². The Morgan fingerprint density at radius 3 is 2.82 bits per heavy atom. The summed E-state index contributed by atoms with van der Waals surface area (Å²) in [5, 5.41) is 3.51. The molecule has 1 rings (SSSR count). The molecule has 1 aliphatic rings. The average molecular weight is 173 g/mol. The molecule has 2 unspecified atom stereocenters. The predicted octanol–water partition coefficient (Wildman–Crippen LogP) is 1.75. The van der Waals surface area contributed by atoms with Crippen molar-refractivity contribution in [3.63, 3.8) is 0 Å². The summed E-state index contributed by atoms with van der Waals surface area (Å²) in [5.41, 5.74) is 0. The lowest BCUT2D eigenvalue weighted by molar-refractivity contribution is -0.119. The molecule has 2 atom stereocenters.